The molecule has 1 aliphatic rings. The van der Waals surface area contributed by atoms with Crippen LogP contribution in [0.5, 0.6) is 5.75 Å². The molecule has 202 valence electrons. The number of piperazine rings is 1. The average Bonchev–Trinajstić information content (AvgIpc) is 3.39. The number of phenols is 1. The molecule has 1 atom stereocenters. The Balaban J connectivity index is 0. The molecule has 0 bridgehead atoms. The van der Waals surface area contributed by atoms with Crippen molar-refractivity contribution in [1.29, 1.82) is 0 Å². The number of phenolic OH excluding ortho intramolecular Hbond substituents is 1. The van der Waals surface area contributed by atoms with E-state index in [0.717, 1.165) is 5.69 Å². The summed E-state index contributed by atoms with van der Waals surface area (Å²) in [5, 5.41) is 21.1. The minimum Gasteiger partial charge on any atom is -0.506 e. The zero-order valence-corrected chi connectivity index (χ0v) is 22.5. The number of sulfonamides is 1. The molecule has 3 N–H and O–H groups in total. The summed E-state index contributed by atoms with van der Waals surface area (Å²) in [5.74, 6) is 0.0487. The van der Waals surface area contributed by atoms with Crippen LogP contribution in [-0.2, 0) is 14.8 Å². The number of amides is 1. The highest BCUT2D eigenvalue weighted by atomic mass is 35.5. The van der Waals surface area contributed by atoms with E-state index in [9.17, 15) is 18.3 Å². The zero-order chi connectivity index (χ0) is 26.3. The number of hydrogen-bond acceptors (Lipinski definition) is 8. The molecule has 2 heterocycles. The van der Waals surface area contributed by atoms with E-state index in [1.807, 2.05) is 11.8 Å². The fourth-order valence-corrected chi connectivity index (χ4v) is 5.64. The van der Waals surface area contributed by atoms with Crippen LogP contribution in [0.3, 0.4) is 0 Å². The Morgan fingerprint density at radius 3 is 2.50 bits per heavy atom. The van der Waals surface area contributed by atoms with Crippen molar-refractivity contribution >= 4 is 61.3 Å². The second kappa shape index (κ2) is 12.6. The third-order valence-corrected chi connectivity index (χ3v) is 8.40. The van der Waals surface area contributed by atoms with Gasteiger partial charge in [0.1, 0.15) is 10.8 Å². The van der Waals surface area contributed by atoms with Crippen molar-refractivity contribution < 1.29 is 29.1 Å². The quantitative estimate of drug-likeness (QED) is 0.373. The molecule has 0 aliphatic carbocycles. The summed E-state index contributed by atoms with van der Waals surface area (Å²) < 4.78 is 27.2. The number of anilines is 2. The van der Waals surface area contributed by atoms with Crippen molar-refractivity contribution in [2.75, 3.05) is 35.9 Å². The first kappa shape index (κ1) is 28.0. The lowest BCUT2D eigenvalue weighted by Gasteiger charge is -2.41. The van der Waals surface area contributed by atoms with Crippen LogP contribution >= 0.6 is 34.5 Å². The number of carbonyl (C=O) groups excluding carboxylic acids is 1. The van der Waals surface area contributed by atoms with Crippen molar-refractivity contribution in [3.05, 3.63) is 64.1 Å². The average molecular weight is 582 g/mol. The monoisotopic (exact) mass is 580 g/mol. The van der Waals surface area contributed by atoms with Gasteiger partial charge in [-0.1, -0.05) is 36.2 Å². The number of aromatic nitrogens is 1. The molecule has 13 heteroatoms. The Kier molecular flexibility index (Phi) is 9.80. The molecular weight excluding hydrogens is 547 g/mol. The first-order valence-corrected chi connectivity index (χ1v) is 14.1. The van der Waals surface area contributed by atoms with Gasteiger partial charge in [0.05, 0.1) is 22.6 Å². The van der Waals surface area contributed by atoms with Crippen LogP contribution in [0.15, 0.2) is 58.9 Å². The Morgan fingerprint density at radius 2 is 1.94 bits per heavy atom. The van der Waals surface area contributed by atoms with E-state index >= 15 is 0 Å². The SMILES string of the molecule is CCC(=O)N1CCN(c2ccc(S(=O)(=O)Nc3nccs3)cc2)C[C@H]1CO.Oc1cccc(Cl)c1Cl.[HH].[HH].[HH].[HH]. The van der Waals surface area contributed by atoms with E-state index in [1.165, 1.54) is 23.6 Å². The zero-order valence-electron chi connectivity index (χ0n) is 19.3. The number of nitrogens with one attached hydrogen (secondary N) is 1. The van der Waals surface area contributed by atoms with E-state index in [0.29, 0.717) is 36.2 Å². The lowest BCUT2D eigenvalue weighted by Crippen LogP contribution is -2.56. The highest BCUT2D eigenvalue weighted by Crippen LogP contribution is 2.29. The minimum absolute atomic E-state index is 0. The Morgan fingerprint density at radius 1 is 1.22 bits per heavy atom. The van der Waals surface area contributed by atoms with Gasteiger partial charge in [-0.25, -0.2) is 13.4 Å². The molecule has 9 nitrogen and oxygen atoms in total. The van der Waals surface area contributed by atoms with Gasteiger partial charge in [0.2, 0.25) is 5.91 Å². The summed E-state index contributed by atoms with van der Waals surface area (Å²) in [7, 11) is -3.68. The van der Waals surface area contributed by atoms with Crippen LogP contribution in [0, 0.1) is 0 Å². The van der Waals surface area contributed by atoms with Gasteiger partial charge in [0, 0.05) is 49.0 Å². The number of halogens is 2. The predicted octanol–water partition coefficient (Wildman–Crippen LogP) is 5.05. The van der Waals surface area contributed by atoms with Gasteiger partial charge in [-0.3, -0.25) is 9.52 Å². The van der Waals surface area contributed by atoms with Crippen molar-refractivity contribution in [2.24, 2.45) is 0 Å². The summed E-state index contributed by atoms with van der Waals surface area (Å²) >= 11 is 12.2. The fraction of sp³-hybridized carbons (Fsp3) is 0.304. The van der Waals surface area contributed by atoms with Gasteiger partial charge in [-0.15, -0.1) is 11.3 Å². The number of thiazole rings is 1. The molecule has 0 unspecified atom stereocenters. The Bertz CT molecular complexity index is 1260. The molecule has 0 spiro atoms. The number of rotatable bonds is 6. The molecule has 1 aliphatic heterocycles. The summed E-state index contributed by atoms with van der Waals surface area (Å²) in [6.07, 6.45) is 1.95. The molecule has 0 radical (unpaired) electrons. The summed E-state index contributed by atoms with van der Waals surface area (Å²) in [6.45, 7) is 3.37. The van der Waals surface area contributed by atoms with Crippen molar-refractivity contribution in [3.63, 3.8) is 0 Å². The number of benzene rings is 2. The van der Waals surface area contributed by atoms with Gasteiger partial charge >= 0.3 is 0 Å². The first-order valence-electron chi connectivity index (χ1n) is 11.0. The number of aliphatic hydroxyl groups is 1. The molecule has 1 aromatic heterocycles. The first-order chi connectivity index (χ1) is 17.2. The number of nitrogens with zero attached hydrogens (tertiary/aromatic N) is 3. The molecule has 1 amide bonds. The van der Waals surface area contributed by atoms with Crippen molar-refractivity contribution in [1.82, 2.24) is 9.88 Å². The molecule has 2 aromatic carbocycles. The second-order valence-corrected chi connectivity index (χ2v) is 11.1. The molecule has 4 rings (SSSR count). The molecule has 0 saturated carbocycles. The Labute approximate surface area is 229 Å². The summed E-state index contributed by atoms with van der Waals surface area (Å²) in [4.78, 5) is 19.8. The number of hydrogen-bond donors (Lipinski definition) is 3. The van der Waals surface area contributed by atoms with E-state index in [1.54, 1.807) is 46.7 Å². The second-order valence-electron chi connectivity index (χ2n) is 7.73. The van der Waals surface area contributed by atoms with Gasteiger partial charge in [0.25, 0.3) is 10.0 Å². The van der Waals surface area contributed by atoms with Gasteiger partial charge in [-0.05, 0) is 36.4 Å². The molecule has 3 aromatic rings. The minimum atomic E-state index is -3.68. The van der Waals surface area contributed by atoms with Crippen LogP contribution in [0.4, 0.5) is 10.8 Å². The topological polar surface area (TPSA) is 123 Å². The van der Waals surface area contributed by atoms with Crippen molar-refractivity contribution in [2.45, 2.75) is 24.3 Å². The number of aliphatic hydroxyl groups excluding tert-OH is 1. The Hall–Kier alpha value is -2.57. The number of carbonyl (C=O) groups is 1. The van der Waals surface area contributed by atoms with Gasteiger partial charge in [0.15, 0.2) is 5.13 Å². The summed E-state index contributed by atoms with van der Waals surface area (Å²) in [5.41, 5.74) is 0.852. The summed E-state index contributed by atoms with van der Waals surface area (Å²) in [6, 6.07) is 11.0. The highest BCUT2D eigenvalue weighted by Gasteiger charge is 2.29. The molecule has 1 saturated heterocycles. The van der Waals surface area contributed by atoms with E-state index in [-0.39, 0.29) is 39.9 Å². The normalized spacial score (nSPS) is 15.7. The van der Waals surface area contributed by atoms with Crippen LogP contribution in [0.25, 0.3) is 0 Å². The fourth-order valence-electron chi connectivity index (χ4n) is 3.55. The lowest BCUT2D eigenvalue weighted by molar-refractivity contribution is -0.134. The van der Waals surface area contributed by atoms with E-state index in [2.05, 4.69) is 9.71 Å². The molecular formula is C23H34Cl2N4O5S2. The van der Waals surface area contributed by atoms with Crippen molar-refractivity contribution in [3.8, 4) is 5.75 Å². The third-order valence-electron chi connectivity index (χ3n) is 5.41. The van der Waals surface area contributed by atoms with Gasteiger partial charge < -0.3 is 20.0 Å². The number of aromatic hydroxyl groups is 1. The predicted molar refractivity (Wildman–Crippen MR) is 151 cm³/mol. The largest absolute Gasteiger partial charge is 0.506 e. The van der Waals surface area contributed by atoms with E-state index < -0.39 is 10.0 Å². The lowest BCUT2D eigenvalue weighted by atomic mass is 10.1. The smallest absolute Gasteiger partial charge is 0.263 e. The standard InChI is InChI=1S/C17H22N4O4S2.C6H4Cl2O.4H2/c1-2-16(23)21-9-8-20(11-14(21)12-22)13-3-5-15(6-4-13)27(24,25)19-17-18-7-10-26-17;7-4-2-1-3-5(9)6(4)8;;;;/h3-7,10,14,22H,2,8-9,11-12H2,1H3,(H,18,19);1-3,9H;4*1H/t14-;;;;;/m0...../s1. The maximum atomic E-state index is 12.4. The van der Waals surface area contributed by atoms with Gasteiger partial charge in [-0.2, -0.15) is 0 Å². The van der Waals surface area contributed by atoms with Crippen LogP contribution < -0.4 is 9.62 Å². The third kappa shape index (κ3) is 7.01. The van der Waals surface area contributed by atoms with Crippen LogP contribution in [-0.4, -0.2) is 66.7 Å². The van der Waals surface area contributed by atoms with E-state index in [4.69, 9.17) is 28.3 Å². The maximum absolute atomic E-state index is 12.4. The van der Waals surface area contributed by atoms with Crippen LogP contribution in [0.2, 0.25) is 10.0 Å². The van der Waals surface area contributed by atoms with Crippen LogP contribution in [0.1, 0.15) is 19.1 Å². The molecule has 36 heavy (non-hydrogen) atoms. The molecule has 1 fully saturated rings. The highest BCUT2D eigenvalue weighted by molar-refractivity contribution is 7.93. The maximum Gasteiger partial charge on any atom is 0.263 e.